The lowest BCUT2D eigenvalue weighted by Crippen LogP contribution is -2.16. The Morgan fingerprint density at radius 2 is 1.76 bits per heavy atom. The fraction of sp³-hybridized carbons (Fsp3) is 0.100. The highest BCUT2D eigenvalue weighted by atomic mass is 19.1. The Morgan fingerprint density at radius 3 is 2.38 bits per heavy atom. The van der Waals surface area contributed by atoms with Gasteiger partial charge in [0.25, 0.3) is 11.8 Å². The summed E-state index contributed by atoms with van der Waals surface area (Å²) in [6, 6.07) is 8.79. The van der Waals surface area contributed by atoms with Crippen molar-refractivity contribution in [3.8, 4) is 5.88 Å². The average Bonchev–Trinajstić information content (AvgIpc) is 2.70. The average molecular weight is 400 g/mol. The van der Waals surface area contributed by atoms with E-state index in [2.05, 4.69) is 20.4 Å². The third-order valence-corrected chi connectivity index (χ3v) is 3.83. The number of halogens is 3. The van der Waals surface area contributed by atoms with Crippen molar-refractivity contribution in [3.63, 3.8) is 0 Å². The van der Waals surface area contributed by atoms with Gasteiger partial charge < -0.3 is 10.2 Å². The second-order valence-corrected chi connectivity index (χ2v) is 5.76. The molecule has 0 saturated carbocycles. The molecule has 3 aromatic rings. The van der Waals surface area contributed by atoms with E-state index in [1.165, 1.54) is 36.7 Å². The Labute approximate surface area is 164 Å². The number of hydrogen-bond donors (Lipinski definition) is 1. The summed E-state index contributed by atoms with van der Waals surface area (Å²) in [5, 5.41) is 6.22. The van der Waals surface area contributed by atoms with Crippen LogP contribution in [0.5, 0.6) is 5.88 Å². The lowest BCUT2D eigenvalue weighted by molar-refractivity contribution is 0.101. The van der Waals surface area contributed by atoms with Crippen LogP contribution in [0.1, 0.15) is 29.3 Å². The molecule has 29 heavy (non-hydrogen) atoms. The van der Waals surface area contributed by atoms with Crippen LogP contribution in [0.25, 0.3) is 0 Å². The molecule has 148 valence electrons. The molecule has 1 aromatic carbocycles. The smallest absolute Gasteiger partial charge is 0.284 e. The number of carbonyl (C=O) groups is 1. The zero-order chi connectivity index (χ0) is 20.8. The van der Waals surface area contributed by atoms with Gasteiger partial charge in [-0.2, -0.15) is 0 Å². The molecule has 0 saturated heterocycles. The van der Waals surface area contributed by atoms with E-state index in [1.54, 1.807) is 6.07 Å². The maximum Gasteiger partial charge on any atom is 0.284 e. The van der Waals surface area contributed by atoms with E-state index in [1.807, 2.05) is 6.92 Å². The van der Waals surface area contributed by atoms with E-state index in [0.29, 0.717) is 17.7 Å². The molecule has 2 aromatic heterocycles. The SMILES string of the molecule is CCC(=NOc1ncccc1F)c1ccc(NC(=O)c2c(F)cccc2F)nc1. The molecule has 2 heterocycles. The van der Waals surface area contributed by atoms with Crippen LogP contribution >= 0.6 is 0 Å². The van der Waals surface area contributed by atoms with Gasteiger partial charge in [-0.05, 0) is 42.8 Å². The van der Waals surface area contributed by atoms with Crippen LogP contribution in [0.2, 0.25) is 0 Å². The maximum atomic E-state index is 13.7. The Hall–Kier alpha value is -3.75. The van der Waals surface area contributed by atoms with Crippen LogP contribution in [0, 0.1) is 17.5 Å². The van der Waals surface area contributed by atoms with Crippen molar-refractivity contribution in [2.75, 3.05) is 5.32 Å². The first-order chi connectivity index (χ1) is 14.0. The lowest BCUT2D eigenvalue weighted by atomic mass is 10.1. The van der Waals surface area contributed by atoms with Gasteiger partial charge in [0.1, 0.15) is 23.0 Å². The van der Waals surface area contributed by atoms with E-state index in [4.69, 9.17) is 4.84 Å². The molecule has 0 bridgehead atoms. The minimum absolute atomic E-state index is 0.0912. The van der Waals surface area contributed by atoms with Gasteiger partial charge in [0, 0.05) is 18.0 Å². The minimum atomic E-state index is -0.974. The molecule has 6 nitrogen and oxygen atoms in total. The van der Waals surface area contributed by atoms with Gasteiger partial charge in [0.05, 0.1) is 5.71 Å². The maximum absolute atomic E-state index is 13.7. The third-order valence-electron chi connectivity index (χ3n) is 3.83. The first-order valence-corrected chi connectivity index (χ1v) is 8.55. The first-order valence-electron chi connectivity index (χ1n) is 8.55. The molecule has 1 amide bonds. The normalized spacial score (nSPS) is 11.2. The van der Waals surface area contributed by atoms with Gasteiger partial charge in [-0.1, -0.05) is 18.1 Å². The molecule has 1 N–H and O–H groups in total. The predicted octanol–water partition coefficient (Wildman–Crippen LogP) is 4.34. The van der Waals surface area contributed by atoms with Crippen molar-refractivity contribution in [2.24, 2.45) is 5.16 Å². The summed E-state index contributed by atoms with van der Waals surface area (Å²) >= 11 is 0. The van der Waals surface area contributed by atoms with Crippen LogP contribution in [0.3, 0.4) is 0 Å². The summed E-state index contributed by atoms with van der Waals surface area (Å²) in [6.45, 7) is 1.81. The summed E-state index contributed by atoms with van der Waals surface area (Å²) < 4.78 is 40.9. The molecule has 0 radical (unpaired) electrons. The zero-order valence-corrected chi connectivity index (χ0v) is 15.2. The van der Waals surface area contributed by atoms with Crippen LogP contribution in [0.4, 0.5) is 19.0 Å². The molecule has 0 aliphatic carbocycles. The summed E-state index contributed by atoms with van der Waals surface area (Å²) in [4.78, 5) is 24.9. The van der Waals surface area contributed by atoms with Gasteiger partial charge in [0.2, 0.25) is 0 Å². The van der Waals surface area contributed by atoms with Gasteiger partial charge in [-0.3, -0.25) is 4.79 Å². The Morgan fingerprint density at radius 1 is 1.03 bits per heavy atom. The topological polar surface area (TPSA) is 76.5 Å². The third kappa shape index (κ3) is 4.75. The van der Waals surface area contributed by atoms with E-state index in [9.17, 15) is 18.0 Å². The van der Waals surface area contributed by atoms with Gasteiger partial charge in [-0.25, -0.2) is 23.1 Å². The molecule has 0 fully saturated rings. The van der Waals surface area contributed by atoms with Crippen molar-refractivity contribution in [2.45, 2.75) is 13.3 Å². The van der Waals surface area contributed by atoms with Crippen LogP contribution in [0.15, 0.2) is 60.0 Å². The molecule has 9 heteroatoms. The van der Waals surface area contributed by atoms with Crippen molar-refractivity contribution in [1.29, 1.82) is 0 Å². The number of nitrogens with zero attached hydrogens (tertiary/aromatic N) is 3. The van der Waals surface area contributed by atoms with Crippen molar-refractivity contribution >= 4 is 17.4 Å². The zero-order valence-electron chi connectivity index (χ0n) is 15.2. The minimum Gasteiger partial charge on any atom is -0.333 e. The summed E-state index contributed by atoms with van der Waals surface area (Å²) in [5.74, 6) is -3.73. The van der Waals surface area contributed by atoms with Gasteiger partial charge >= 0.3 is 0 Å². The number of anilines is 1. The summed E-state index contributed by atoms with van der Waals surface area (Å²) in [6.07, 6.45) is 3.22. The molecule has 0 aliphatic heterocycles. The molecule has 0 unspecified atom stereocenters. The molecule has 0 atom stereocenters. The van der Waals surface area contributed by atoms with E-state index >= 15 is 0 Å². The van der Waals surface area contributed by atoms with E-state index in [0.717, 1.165) is 12.1 Å². The van der Waals surface area contributed by atoms with Crippen molar-refractivity contribution in [1.82, 2.24) is 9.97 Å². The van der Waals surface area contributed by atoms with E-state index < -0.39 is 28.9 Å². The fourth-order valence-corrected chi connectivity index (χ4v) is 2.39. The summed E-state index contributed by atoms with van der Waals surface area (Å²) in [7, 11) is 0. The first kappa shape index (κ1) is 20.0. The van der Waals surface area contributed by atoms with Crippen LogP contribution < -0.4 is 10.2 Å². The predicted molar refractivity (Wildman–Crippen MR) is 100 cm³/mol. The number of oxime groups is 1. The Kier molecular flexibility index (Phi) is 6.18. The Bertz CT molecular complexity index is 1040. The summed E-state index contributed by atoms with van der Waals surface area (Å²) in [5.41, 5.74) is 0.319. The van der Waals surface area contributed by atoms with Crippen LogP contribution in [-0.2, 0) is 0 Å². The number of benzene rings is 1. The monoisotopic (exact) mass is 400 g/mol. The highest BCUT2D eigenvalue weighted by Crippen LogP contribution is 2.16. The standard InChI is InChI=1S/C20H15F3N4O2/c1-2-16(27-29-20-15(23)7-4-10-24-20)12-8-9-17(25-11-12)26-19(28)18-13(21)5-3-6-14(18)22/h3-11H,2H2,1H3,(H,25,26,28). The molecule has 3 rings (SSSR count). The van der Waals surface area contributed by atoms with E-state index in [-0.39, 0.29) is 11.7 Å². The second kappa shape index (κ2) is 8.96. The highest BCUT2D eigenvalue weighted by Gasteiger charge is 2.17. The van der Waals surface area contributed by atoms with Gasteiger partial charge in [-0.15, -0.1) is 0 Å². The Balaban J connectivity index is 1.74. The molecular formula is C20H15F3N4O2. The van der Waals surface area contributed by atoms with Crippen LogP contribution in [-0.4, -0.2) is 21.6 Å². The second-order valence-electron chi connectivity index (χ2n) is 5.76. The quantitative estimate of drug-likeness (QED) is 0.493. The molecule has 0 spiro atoms. The number of pyridine rings is 2. The number of rotatable bonds is 6. The fourth-order valence-electron chi connectivity index (χ4n) is 2.39. The molecular weight excluding hydrogens is 385 g/mol. The molecule has 0 aliphatic rings. The number of amides is 1. The number of carbonyl (C=O) groups excluding carboxylic acids is 1. The largest absolute Gasteiger partial charge is 0.333 e. The van der Waals surface area contributed by atoms with Crippen molar-refractivity contribution in [3.05, 3.63) is 83.4 Å². The highest BCUT2D eigenvalue weighted by molar-refractivity contribution is 6.04. The number of aromatic nitrogens is 2. The lowest BCUT2D eigenvalue weighted by Gasteiger charge is -2.08. The van der Waals surface area contributed by atoms with Crippen molar-refractivity contribution < 1.29 is 22.8 Å². The number of nitrogens with one attached hydrogen (secondary N) is 1. The number of hydrogen-bond acceptors (Lipinski definition) is 5. The van der Waals surface area contributed by atoms with Gasteiger partial charge in [0.15, 0.2) is 5.82 Å².